The number of Topliss-reactive ketones (excluding diaryl/α,β-unsaturated/α-hetero) is 2. The normalized spacial score (nSPS) is 16.5. The van der Waals surface area contributed by atoms with E-state index in [0.29, 0.717) is 44.8 Å². The predicted molar refractivity (Wildman–Crippen MR) is 177 cm³/mol. The van der Waals surface area contributed by atoms with Crippen molar-refractivity contribution in [1.82, 2.24) is 9.97 Å². The molecule has 3 heterocycles. The monoisotopic (exact) mass is 647 g/mol. The molecule has 10 heteroatoms. The fourth-order valence-corrected chi connectivity index (χ4v) is 5.76. The number of aromatic nitrogens is 2. The third kappa shape index (κ3) is 6.52. The zero-order valence-corrected chi connectivity index (χ0v) is 26.5. The van der Waals surface area contributed by atoms with Gasteiger partial charge in [-0.15, -0.1) is 0 Å². The lowest BCUT2D eigenvalue weighted by Gasteiger charge is -2.26. The van der Waals surface area contributed by atoms with Crippen molar-refractivity contribution in [2.24, 2.45) is 5.73 Å². The molecular formula is C38H34FN3O6. The Hall–Kier alpha value is -5.48. The summed E-state index contributed by atoms with van der Waals surface area (Å²) >= 11 is 0. The van der Waals surface area contributed by atoms with Crippen molar-refractivity contribution in [3.05, 3.63) is 119 Å². The Kier molecular flexibility index (Phi) is 8.77. The first-order chi connectivity index (χ1) is 22.9. The number of hydrogen-bond acceptors (Lipinski definition) is 8. The fraction of sp³-hybridized carbons (Fsp3) is 0.237. The molecule has 0 saturated carbocycles. The van der Waals surface area contributed by atoms with Gasteiger partial charge in [-0.25, -0.2) is 9.37 Å². The Balaban J connectivity index is 1.25. The van der Waals surface area contributed by atoms with Gasteiger partial charge in [-0.2, -0.15) is 0 Å². The van der Waals surface area contributed by atoms with Crippen molar-refractivity contribution >= 4 is 28.4 Å². The van der Waals surface area contributed by atoms with Crippen LogP contribution in [0.3, 0.4) is 0 Å². The highest BCUT2D eigenvalue weighted by Gasteiger charge is 2.45. The van der Waals surface area contributed by atoms with Crippen molar-refractivity contribution in [2.75, 3.05) is 13.2 Å². The first-order valence-corrected chi connectivity index (χ1v) is 15.5. The topological polar surface area (TPSA) is 142 Å². The van der Waals surface area contributed by atoms with E-state index in [1.165, 1.54) is 31.2 Å². The summed E-state index contributed by atoms with van der Waals surface area (Å²) < 4.78 is 25.5. The largest absolute Gasteiger partial charge is 0.489 e. The highest BCUT2D eigenvalue weighted by molar-refractivity contribution is 6.01. The first kappa shape index (κ1) is 32.5. The van der Waals surface area contributed by atoms with E-state index in [1.54, 1.807) is 43.5 Å². The Morgan fingerprint density at radius 3 is 2.52 bits per heavy atom. The molecule has 0 aliphatic carbocycles. The summed E-state index contributed by atoms with van der Waals surface area (Å²) in [5.74, 6) is -0.803. The number of ketones is 2. The molecule has 1 amide bonds. The first-order valence-electron chi connectivity index (χ1n) is 15.5. The molecular weight excluding hydrogens is 613 g/mol. The van der Waals surface area contributed by atoms with Gasteiger partial charge in [0.1, 0.15) is 52.8 Å². The van der Waals surface area contributed by atoms with E-state index in [1.807, 2.05) is 30.3 Å². The van der Waals surface area contributed by atoms with Crippen molar-refractivity contribution in [3.8, 4) is 22.8 Å². The molecule has 1 aliphatic heterocycles. The summed E-state index contributed by atoms with van der Waals surface area (Å²) in [7, 11) is 0. The van der Waals surface area contributed by atoms with E-state index in [2.05, 4.69) is 4.98 Å². The van der Waals surface area contributed by atoms with Crippen molar-refractivity contribution in [1.29, 1.82) is 0 Å². The molecule has 5 aromatic rings. The van der Waals surface area contributed by atoms with E-state index in [-0.39, 0.29) is 49.7 Å². The lowest BCUT2D eigenvalue weighted by molar-refractivity contribution is -0.123. The number of primary amides is 1. The highest BCUT2D eigenvalue weighted by atomic mass is 19.1. The predicted octanol–water partition coefficient (Wildman–Crippen LogP) is 5.63. The SMILES string of the molecule is C[C@](O)(CCC(=O)c1cc(OCC(=O)Cc2ccccc2)c2ncccc2c1)c1cc2c(c(-c3ccc(F)cc3)n1)OC[C@]2(C)C(N)=O. The third-order valence-electron chi connectivity index (χ3n) is 8.75. The van der Waals surface area contributed by atoms with Crippen LogP contribution in [0.4, 0.5) is 4.39 Å². The van der Waals surface area contributed by atoms with E-state index >= 15 is 0 Å². The number of halogens is 1. The number of nitrogens with two attached hydrogens (primary N) is 1. The fourth-order valence-electron chi connectivity index (χ4n) is 5.76. The number of ether oxygens (including phenoxy) is 2. The molecule has 0 bridgehead atoms. The lowest BCUT2D eigenvalue weighted by Crippen LogP contribution is -2.40. The van der Waals surface area contributed by atoms with Gasteiger partial charge in [-0.1, -0.05) is 36.4 Å². The summed E-state index contributed by atoms with van der Waals surface area (Å²) in [4.78, 5) is 47.9. The molecule has 244 valence electrons. The minimum atomic E-state index is -1.62. The minimum absolute atomic E-state index is 0.0172. The average Bonchev–Trinajstić information content (AvgIpc) is 3.44. The molecule has 2 aromatic heterocycles. The second-order valence-corrected chi connectivity index (χ2v) is 12.5. The van der Waals surface area contributed by atoms with Crippen molar-refractivity contribution in [3.63, 3.8) is 0 Å². The van der Waals surface area contributed by atoms with Gasteiger partial charge >= 0.3 is 0 Å². The number of aliphatic hydroxyl groups is 1. The molecule has 3 N–H and O–H groups in total. The van der Waals surface area contributed by atoms with E-state index in [9.17, 15) is 23.9 Å². The van der Waals surface area contributed by atoms with Crippen LogP contribution in [0.1, 0.15) is 53.9 Å². The Labute approximate surface area is 276 Å². The van der Waals surface area contributed by atoms with Gasteiger partial charge < -0.3 is 20.3 Å². The van der Waals surface area contributed by atoms with Crippen molar-refractivity contribution < 1.29 is 33.4 Å². The van der Waals surface area contributed by atoms with Crippen molar-refractivity contribution in [2.45, 2.75) is 44.1 Å². The highest BCUT2D eigenvalue weighted by Crippen LogP contribution is 2.46. The molecule has 3 aromatic carbocycles. The number of pyridine rings is 2. The van der Waals surface area contributed by atoms with Gasteiger partial charge in [0.05, 0.1) is 5.69 Å². The number of benzene rings is 3. The molecule has 9 nitrogen and oxygen atoms in total. The quantitative estimate of drug-likeness (QED) is 0.166. The second kappa shape index (κ2) is 13.0. The molecule has 2 atom stereocenters. The lowest BCUT2D eigenvalue weighted by atomic mass is 9.81. The second-order valence-electron chi connectivity index (χ2n) is 12.5. The number of fused-ring (bicyclic) bond motifs is 2. The van der Waals surface area contributed by atoms with E-state index < -0.39 is 22.7 Å². The summed E-state index contributed by atoms with van der Waals surface area (Å²) in [6, 6.07) is 23.4. The van der Waals surface area contributed by atoms with Crippen LogP contribution in [0.2, 0.25) is 0 Å². The summed E-state index contributed by atoms with van der Waals surface area (Å²) in [5, 5.41) is 12.4. The number of carbonyl (C=O) groups is 3. The zero-order chi connectivity index (χ0) is 34.1. The smallest absolute Gasteiger partial charge is 0.231 e. The summed E-state index contributed by atoms with van der Waals surface area (Å²) in [6.45, 7) is 2.98. The third-order valence-corrected chi connectivity index (χ3v) is 8.75. The van der Waals surface area contributed by atoms with Gasteiger partial charge in [-0.05, 0) is 74.4 Å². The van der Waals surface area contributed by atoms with Gasteiger partial charge in [0.2, 0.25) is 5.91 Å². The Morgan fingerprint density at radius 1 is 1.04 bits per heavy atom. The molecule has 0 saturated heterocycles. The van der Waals surface area contributed by atoms with Crippen LogP contribution in [0.25, 0.3) is 22.2 Å². The molecule has 48 heavy (non-hydrogen) atoms. The minimum Gasteiger partial charge on any atom is -0.489 e. The Bertz CT molecular complexity index is 2030. The van der Waals surface area contributed by atoms with Gasteiger partial charge in [-0.3, -0.25) is 19.4 Å². The van der Waals surface area contributed by atoms with Crippen LogP contribution in [0, 0.1) is 5.82 Å². The number of nitrogens with zero attached hydrogens (tertiary/aromatic N) is 2. The average molecular weight is 648 g/mol. The van der Waals surface area contributed by atoms with Crippen LogP contribution in [0.15, 0.2) is 91.1 Å². The maximum atomic E-state index is 13.7. The summed E-state index contributed by atoms with van der Waals surface area (Å²) in [5.41, 5.74) is 6.19. The number of hydrogen-bond donors (Lipinski definition) is 2. The van der Waals surface area contributed by atoms with Crippen LogP contribution < -0.4 is 15.2 Å². The molecule has 1 aliphatic rings. The van der Waals surface area contributed by atoms with Crippen LogP contribution in [0.5, 0.6) is 11.5 Å². The number of rotatable bonds is 12. The van der Waals surface area contributed by atoms with Crippen LogP contribution in [-0.4, -0.2) is 45.8 Å². The number of carbonyl (C=O) groups excluding carboxylic acids is 3. The standard InChI is InChI=1S/C38H34FN3O6/c1-37(36(40)45)22-48-35-29(37)20-32(42-34(35)24-10-12-27(39)13-11-24)38(2,46)15-14-30(44)26-18-25-9-6-16-41-33(25)31(19-26)47-21-28(43)17-23-7-4-3-5-8-23/h3-13,16,18-20,46H,14-15,17,21-22H2,1-2H3,(H2,40,45)/t37-,38-/m0/s1. The van der Waals surface area contributed by atoms with Gasteiger partial charge in [0, 0.05) is 41.1 Å². The number of amides is 1. The zero-order valence-electron chi connectivity index (χ0n) is 26.5. The van der Waals surface area contributed by atoms with E-state index in [4.69, 9.17) is 20.2 Å². The van der Waals surface area contributed by atoms with Crippen LogP contribution in [-0.2, 0) is 27.0 Å². The van der Waals surface area contributed by atoms with Gasteiger partial charge in [0.15, 0.2) is 11.6 Å². The Morgan fingerprint density at radius 2 is 1.79 bits per heavy atom. The van der Waals surface area contributed by atoms with Gasteiger partial charge in [0.25, 0.3) is 0 Å². The van der Waals surface area contributed by atoms with Crippen LogP contribution >= 0.6 is 0 Å². The summed E-state index contributed by atoms with van der Waals surface area (Å²) in [6.07, 6.45) is 1.73. The van der Waals surface area contributed by atoms with E-state index in [0.717, 1.165) is 5.56 Å². The maximum absolute atomic E-state index is 13.7. The molecule has 0 radical (unpaired) electrons. The maximum Gasteiger partial charge on any atom is 0.231 e. The molecule has 0 spiro atoms. The molecule has 0 fully saturated rings. The molecule has 0 unspecified atom stereocenters. The molecule has 6 rings (SSSR count).